The summed E-state index contributed by atoms with van der Waals surface area (Å²) >= 11 is 0. The first-order valence-electron chi connectivity index (χ1n) is 8.10. The van der Waals surface area contributed by atoms with E-state index in [-0.39, 0.29) is 5.91 Å². The topological polar surface area (TPSA) is 35.6 Å². The molecule has 0 bridgehead atoms. The van der Waals surface area contributed by atoms with Gasteiger partial charge in [-0.2, -0.15) is 0 Å². The minimum Gasteiger partial charge on any atom is -0.369 e. The zero-order valence-electron chi connectivity index (χ0n) is 13.1. The third-order valence-corrected chi connectivity index (χ3v) is 4.64. The van der Waals surface area contributed by atoms with Gasteiger partial charge < -0.3 is 15.1 Å². The second-order valence-corrected chi connectivity index (χ2v) is 6.15. The highest BCUT2D eigenvalue weighted by atomic mass is 16.2. The summed E-state index contributed by atoms with van der Waals surface area (Å²) in [4.78, 5) is 16.9. The summed E-state index contributed by atoms with van der Waals surface area (Å²) in [5, 5.41) is 3.38. The van der Waals surface area contributed by atoms with E-state index in [1.807, 2.05) is 11.0 Å². The van der Waals surface area contributed by atoms with E-state index in [1.165, 1.54) is 11.3 Å². The van der Waals surface area contributed by atoms with E-state index in [4.69, 9.17) is 0 Å². The SMILES string of the molecule is CCCC(C)N1Cc2cc(N3CCNCC3)ccc2C1=O. The molecule has 1 fully saturated rings. The molecule has 1 N–H and O–H groups in total. The van der Waals surface area contributed by atoms with Crippen LogP contribution in [0.25, 0.3) is 0 Å². The third-order valence-electron chi connectivity index (χ3n) is 4.64. The molecule has 2 aliphatic rings. The Bertz CT molecular complexity index is 523. The largest absolute Gasteiger partial charge is 0.369 e. The molecule has 21 heavy (non-hydrogen) atoms. The fourth-order valence-electron chi connectivity index (χ4n) is 3.38. The Balaban J connectivity index is 1.79. The van der Waals surface area contributed by atoms with Crippen molar-refractivity contribution in [1.82, 2.24) is 10.2 Å². The van der Waals surface area contributed by atoms with E-state index in [0.717, 1.165) is 51.1 Å². The number of rotatable bonds is 4. The minimum absolute atomic E-state index is 0.206. The van der Waals surface area contributed by atoms with Gasteiger partial charge in [-0.15, -0.1) is 0 Å². The van der Waals surface area contributed by atoms with Gasteiger partial charge in [-0.1, -0.05) is 13.3 Å². The number of fused-ring (bicyclic) bond motifs is 1. The molecule has 1 amide bonds. The fraction of sp³-hybridized carbons (Fsp3) is 0.588. The lowest BCUT2D eigenvalue weighted by atomic mass is 10.1. The summed E-state index contributed by atoms with van der Waals surface area (Å²) in [7, 11) is 0. The average molecular weight is 287 g/mol. The van der Waals surface area contributed by atoms with Crippen molar-refractivity contribution in [3.05, 3.63) is 29.3 Å². The third kappa shape index (κ3) is 2.77. The standard InChI is InChI=1S/C17H25N3O/c1-3-4-13(2)20-12-14-11-15(5-6-16(14)17(20)21)19-9-7-18-8-10-19/h5-6,11,13,18H,3-4,7-10,12H2,1-2H3. The Kier molecular flexibility index (Phi) is 4.15. The number of benzene rings is 1. The summed E-state index contributed by atoms with van der Waals surface area (Å²) in [6.07, 6.45) is 2.19. The molecule has 4 nitrogen and oxygen atoms in total. The van der Waals surface area contributed by atoms with E-state index >= 15 is 0 Å². The van der Waals surface area contributed by atoms with Crippen LogP contribution >= 0.6 is 0 Å². The molecule has 2 heterocycles. The van der Waals surface area contributed by atoms with Crippen LogP contribution in [0.5, 0.6) is 0 Å². The van der Waals surface area contributed by atoms with Crippen molar-refractivity contribution in [1.29, 1.82) is 0 Å². The summed E-state index contributed by atoms with van der Waals surface area (Å²) in [6, 6.07) is 6.68. The molecule has 1 atom stereocenters. The van der Waals surface area contributed by atoms with Crippen molar-refractivity contribution < 1.29 is 4.79 Å². The van der Waals surface area contributed by atoms with Crippen molar-refractivity contribution in [2.24, 2.45) is 0 Å². The molecule has 3 rings (SSSR count). The zero-order chi connectivity index (χ0) is 14.8. The molecule has 1 aromatic carbocycles. The van der Waals surface area contributed by atoms with E-state index < -0.39 is 0 Å². The minimum atomic E-state index is 0.206. The Hall–Kier alpha value is -1.55. The van der Waals surface area contributed by atoms with Gasteiger partial charge in [0, 0.05) is 50.0 Å². The molecular formula is C17H25N3O. The van der Waals surface area contributed by atoms with Crippen LogP contribution < -0.4 is 10.2 Å². The number of nitrogens with zero attached hydrogens (tertiary/aromatic N) is 2. The molecular weight excluding hydrogens is 262 g/mol. The van der Waals surface area contributed by atoms with Crippen LogP contribution in [0, 0.1) is 0 Å². The second-order valence-electron chi connectivity index (χ2n) is 6.15. The number of hydrogen-bond donors (Lipinski definition) is 1. The van der Waals surface area contributed by atoms with Crippen LogP contribution in [0.2, 0.25) is 0 Å². The van der Waals surface area contributed by atoms with Gasteiger partial charge in [-0.25, -0.2) is 0 Å². The normalized spacial score (nSPS) is 19.8. The Morgan fingerprint density at radius 2 is 2.05 bits per heavy atom. The van der Waals surface area contributed by atoms with Crippen molar-refractivity contribution in [2.45, 2.75) is 39.3 Å². The maximum Gasteiger partial charge on any atom is 0.254 e. The number of anilines is 1. The summed E-state index contributed by atoms with van der Waals surface area (Å²) in [6.45, 7) is 9.27. The van der Waals surface area contributed by atoms with Crippen LogP contribution in [0.4, 0.5) is 5.69 Å². The van der Waals surface area contributed by atoms with Crippen LogP contribution in [-0.2, 0) is 6.54 Å². The number of hydrogen-bond acceptors (Lipinski definition) is 3. The first-order chi connectivity index (χ1) is 10.2. The Morgan fingerprint density at radius 3 is 2.76 bits per heavy atom. The fourth-order valence-corrected chi connectivity index (χ4v) is 3.38. The molecule has 1 saturated heterocycles. The second kappa shape index (κ2) is 6.06. The average Bonchev–Trinajstić information content (AvgIpc) is 2.85. The van der Waals surface area contributed by atoms with Crippen molar-refractivity contribution in [2.75, 3.05) is 31.1 Å². The summed E-state index contributed by atoms with van der Waals surface area (Å²) < 4.78 is 0. The molecule has 0 radical (unpaired) electrons. The molecule has 114 valence electrons. The lowest BCUT2D eigenvalue weighted by Gasteiger charge is -2.29. The molecule has 1 unspecified atom stereocenters. The van der Waals surface area contributed by atoms with Gasteiger partial charge in [0.25, 0.3) is 5.91 Å². The molecule has 0 saturated carbocycles. The number of carbonyl (C=O) groups excluding carboxylic acids is 1. The van der Waals surface area contributed by atoms with E-state index in [9.17, 15) is 4.79 Å². The molecule has 1 aromatic rings. The molecule has 0 spiro atoms. The van der Waals surface area contributed by atoms with Gasteiger partial charge in [0.05, 0.1) is 0 Å². The smallest absolute Gasteiger partial charge is 0.254 e. The molecule has 4 heteroatoms. The highest BCUT2D eigenvalue weighted by Gasteiger charge is 2.30. The maximum absolute atomic E-state index is 12.5. The lowest BCUT2D eigenvalue weighted by molar-refractivity contribution is 0.0709. The van der Waals surface area contributed by atoms with Crippen molar-refractivity contribution in [3.63, 3.8) is 0 Å². The van der Waals surface area contributed by atoms with Crippen LogP contribution in [0.15, 0.2) is 18.2 Å². The monoisotopic (exact) mass is 287 g/mol. The predicted octanol–water partition coefficient (Wildman–Crippen LogP) is 2.24. The Labute approximate surface area is 127 Å². The number of amides is 1. The van der Waals surface area contributed by atoms with E-state index in [2.05, 4.69) is 36.2 Å². The number of nitrogens with one attached hydrogen (secondary N) is 1. The summed E-state index contributed by atoms with van der Waals surface area (Å²) in [5.41, 5.74) is 3.35. The summed E-state index contributed by atoms with van der Waals surface area (Å²) in [5.74, 6) is 0.206. The van der Waals surface area contributed by atoms with Gasteiger partial charge in [0.1, 0.15) is 0 Å². The highest BCUT2D eigenvalue weighted by Crippen LogP contribution is 2.29. The highest BCUT2D eigenvalue weighted by molar-refractivity contribution is 5.99. The van der Waals surface area contributed by atoms with Crippen molar-refractivity contribution >= 4 is 11.6 Å². The molecule has 0 aliphatic carbocycles. The van der Waals surface area contributed by atoms with Crippen LogP contribution in [0.1, 0.15) is 42.6 Å². The Morgan fingerprint density at radius 1 is 1.29 bits per heavy atom. The van der Waals surface area contributed by atoms with Crippen LogP contribution in [-0.4, -0.2) is 43.0 Å². The predicted molar refractivity (Wildman–Crippen MR) is 85.8 cm³/mol. The van der Waals surface area contributed by atoms with Gasteiger partial charge >= 0.3 is 0 Å². The van der Waals surface area contributed by atoms with Gasteiger partial charge in [-0.05, 0) is 37.1 Å². The van der Waals surface area contributed by atoms with Gasteiger partial charge in [-0.3, -0.25) is 4.79 Å². The zero-order valence-corrected chi connectivity index (χ0v) is 13.1. The van der Waals surface area contributed by atoms with E-state index in [0.29, 0.717) is 6.04 Å². The molecule has 2 aliphatic heterocycles. The molecule has 0 aromatic heterocycles. The lowest BCUT2D eigenvalue weighted by Crippen LogP contribution is -2.43. The number of piperazine rings is 1. The van der Waals surface area contributed by atoms with Crippen molar-refractivity contribution in [3.8, 4) is 0 Å². The first-order valence-corrected chi connectivity index (χ1v) is 8.10. The van der Waals surface area contributed by atoms with E-state index in [1.54, 1.807) is 0 Å². The number of carbonyl (C=O) groups is 1. The first kappa shape index (κ1) is 14.4. The van der Waals surface area contributed by atoms with Crippen LogP contribution in [0.3, 0.4) is 0 Å². The quantitative estimate of drug-likeness (QED) is 0.922. The van der Waals surface area contributed by atoms with Gasteiger partial charge in [0.2, 0.25) is 0 Å². The maximum atomic E-state index is 12.5. The van der Waals surface area contributed by atoms with Gasteiger partial charge in [0.15, 0.2) is 0 Å².